The molecule has 2 N–H and O–H groups in total. The number of amides is 1. The number of aliphatic hydroxyl groups excluding tert-OH is 1. The monoisotopic (exact) mass is 219 g/mol. The highest BCUT2D eigenvalue weighted by atomic mass is 16.5. The normalized spacial score (nSPS) is 10.0. The molecule has 0 aliphatic rings. The van der Waals surface area contributed by atoms with E-state index in [1.165, 1.54) is 4.90 Å². The van der Waals surface area contributed by atoms with Crippen molar-refractivity contribution >= 4 is 11.9 Å². The smallest absolute Gasteiger partial charge is 0.329 e. The van der Waals surface area contributed by atoms with Crippen LogP contribution in [-0.2, 0) is 14.3 Å². The van der Waals surface area contributed by atoms with Gasteiger partial charge in [-0.3, -0.25) is 4.79 Å². The fraction of sp³-hybridized carbons (Fsp3) is 0.778. The van der Waals surface area contributed by atoms with Gasteiger partial charge in [0.1, 0.15) is 13.2 Å². The number of ether oxygens (including phenoxy) is 1. The molecular weight excluding hydrogens is 202 g/mol. The second kappa shape index (κ2) is 8.19. The molecule has 0 radical (unpaired) electrons. The number of hydrogen-bond acceptors (Lipinski definition) is 4. The third-order valence-electron chi connectivity index (χ3n) is 1.77. The Kier molecular flexibility index (Phi) is 7.57. The first-order valence-corrected chi connectivity index (χ1v) is 4.80. The van der Waals surface area contributed by atoms with E-state index >= 15 is 0 Å². The molecular formula is C9H17NO5. The summed E-state index contributed by atoms with van der Waals surface area (Å²) in [5.41, 5.74) is 0. The predicted molar refractivity (Wildman–Crippen MR) is 52.4 cm³/mol. The Morgan fingerprint density at radius 3 is 2.47 bits per heavy atom. The number of carbonyl (C=O) groups excluding carboxylic acids is 1. The number of carbonyl (C=O) groups is 2. The maximum absolute atomic E-state index is 11.4. The topological polar surface area (TPSA) is 87.1 Å². The average molecular weight is 219 g/mol. The molecule has 0 aromatic carbocycles. The van der Waals surface area contributed by atoms with Gasteiger partial charge in [0.25, 0.3) is 0 Å². The zero-order valence-corrected chi connectivity index (χ0v) is 8.81. The largest absolute Gasteiger partial charge is 0.480 e. The fourth-order valence-electron chi connectivity index (χ4n) is 1.04. The lowest BCUT2D eigenvalue weighted by atomic mass is 10.4. The number of nitrogens with zero attached hydrogens (tertiary/aromatic N) is 1. The molecule has 0 unspecified atom stereocenters. The Labute approximate surface area is 88.4 Å². The van der Waals surface area contributed by atoms with Crippen LogP contribution in [0, 0.1) is 0 Å². The van der Waals surface area contributed by atoms with Gasteiger partial charge in [0.05, 0.1) is 0 Å². The highest BCUT2D eigenvalue weighted by Crippen LogP contribution is 1.93. The van der Waals surface area contributed by atoms with E-state index in [-0.39, 0.29) is 19.1 Å². The van der Waals surface area contributed by atoms with Crippen LogP contribution in [0.4, 0.5) is 0 Å². The van der Waals surface area contributed by atoms with Gasteiger partial charge in [0.2, 0.25) is 5.91 Å². The minimum atomic E-state index is -1.10. The molecule has 0 fully saturated rings. The Morgan fingerprint density at radius 1 is 1.33 bits per heavy atom. The number of aliphatic carboxylic acids is 1. The molecule has 6 heteroatoms. The van der Waals surface area contributed by atoms with Crippen LogP contribution in [0.2, 0.25) is 0 Å². The van der Waals surface area contributed by atoms with Crippen molar-refractivity contribution < 1.29 is 24.5 Å². The first-order chi connectivity index (χ1) is 7.11. The quantitative estimate of drug-likeness (QED) is 0.564. The van der Waals surface area contributed by atoms with Crippen LogP contribution >= 0.6 is 0 Å². The molecule has 15 heavy (non-hydrogen) atoms. The van der Waals surface area contributed by atoms with Crippen molar-refractivity contribution in [2.24, 2.45) is 0 Å². The van der Waals surface area contributed by atoms with Crippen LogP contribution < -0.4 is 0 Å². The van der Waals surface area contributed by atoms with E-state index < -0.39 is 12.6 Å². The first kappa shape index (κ1) is 13.9. The molecule has 88 valence electrons. The molecule has 0 spiro atoms. The zero-order valence-electron chi connectivity index (χ0n) is 8.81. The highest BCUT2D eigenvalue weighted by molar-refractivity contribution is 5.77. The van der Waals surface area contributed by atoms with Crippen molar-refractivity contribution in [2.45, 2.75) is 13.3 Å². The molecule has 0 heterocycles. The van der Waals surface area contributed by atoms with E-state index in [4.69, 9.17) is 10.2 Å². The molecule has 0 aromatic heterocycles. The Hall–Kier alpha value is -1.14. The highest BCUT2D eigenvalue weighted by Gasteiger charge is 2.11. The van der Waals surface area contributed by atoms with Gasteiger partial charge in [-0.25, -0.2) is 4.79 Å². The van der Waals surface area contributed by atoms with Gasteiger partial charge < -0.3 is 19.8 Å². The molecule has 6 nitrogen and oxygen atoms in total. The van der Waals surface area contributed by atoms with Gasteiger partial charge in [0.15, 0.2) is 0 Å². The van der Waals surface area contributed by atoms with E-state index in [9.17, 15) is 9.59 Å². The van der Waals surface area contributed by atoms with E-state index in [0.29, 0.717) is 19.5 Å². The summed E-state index contributed by atoms with van der Waals surface area (Å²) >= 11 is 0. The molecule has 0 bridgehead atoms. The Morgan fingerprint density at radius 2 is 2.00 bits per heavy atom. The van der Waals surface area contributed by atoms with Crippen molar-refractivity contribution in [1.29, 1.82) is 0 Å². The molecule has 0 aliphatic carbocycles. The van der Waals surface area contributed by atoms with Crippen LogP contribution in [0.1, 0.15) is 13.3 Å². The van der Waals surface area contributed by atoms with Gasteiger partial charge in [-0.2, -0.15) is 0 Å². The third-order valence-corrected chi connectivity index (χ3v) is 1.77. The predicted octanol–water partition coefficient (Wildman–Crippen LogP) is -0.681. The van der Waals surface area contributed by atoms with Crippen LogP contribution in [-0.4, -0.2) is 59.9 Å². The van der Waals surface area contributed by atoms with Crippen LogP contribution in [0.25, 0.3) is 0 Å². The minimum absolute atomic E-state index is 0.0275. The van der Waals surface area contributed by atoms with Crippen molar-refractivity contribution in [2.75, 3.05) is 32.9 Å². The number of carboxylic acid groups (broad SMARTS) is 1. The lowest BCUT2D eigenvalue weighted by Crippen LogP contribution is -2.35. The second-order valence-corrected chi connectivity index (χ2v) is 2.94. The van der Waals surface area contributed by atoms with Gasteiger partial charge in [-0.15, -0.1) is 0 Å². The summed E-state index contributed by atoms with van der Waals surface area (Å²) in [6.07, 6.45) is 0.512. The lowest BCUT2D eigenvalue weighted by molar-refractivity contribution is -0.145. The van der Waals surface area contributed by atoms with E-state index in [0.717, 1.165) is 0 Å². The maximum atomic E-state index is 11.4. The minimum Gasteiger partial charge on any atom is -0.480 e. The molecule has 0 saturated carbocycles. The van der Waals surface area contributed by atoms with Crippen molar-refractivity contribution in [3.05, 3.63) is 0 Å². The number of rotatable bonds is 8. The molecule has 0 atom stereocenters. The average Bonchev–Trinajstić information content (AvgIpc) is 2.18. The summed E-state index contributed by atoms with van der Waals surface area (Å²) in [5, 5.41) is 16.9. The summed E-state index contributed by atoms with van der Waals surface area (Å²) in [6.45, 7) is 2.12. The zero-order chi connectivity index (χ0) is 11.7. The number of carboxylic acids is 1. The lowest BCUT2D eigenvalue weighted by Gasteiger charge is -2.19. The summed E-state index contributed by atoms with van der Waals surface area (Å²) in [7, 11) is 0. The molecule has 0 saturated heterocycles. The Balaban J connectivity index is 3.77. The van der Waals surface area contributed by atoms with E-state index in [1.54, 1.807) is 0 Å². The summed E-state index contributed by atoms with van der Waals surface area (Å²) in [4.78, 5) is 23.0. The van der Waals surface area contributed by atoms with Crippen LogP contribution in [0.15, 0.2) is 0 Å². The van der Waals surface area contributed by atoms with E-state index in [1.807, 2.05) is 6.92 Å². The molecule has 0 aromatic rings. The van der Waals surface area contributed by atoms with Crippen molar-refractivity contribution in [1.82, 2.24) is 4.90 Å². The molecule has 1 amide bonds. The van der Waals surface area contributed by atoms with Gasteiger partial charge >= 0.3 is 5.97 Å². The van der Waals surface area contributed by atoms with Crippen molar-refractivity contribution in [3.63, 3.8) is 0 Å². The van der Waals surface area contributed by atoms with Gasteiger partial charge in [-0.05, 0) is 13.3 Å². The summed E-state index contributed by atoms with van der Waals surface area (Å²) in [5.74, 6) is -1.35. The molecule has 0 aliphatic heterocycles. The summed E-state index contributed by atoms with van der Waals surface area (Å²) < 4.78 is 4.67. The third kappa shape index (κ3) is 6.87. The van der Waals surface area contributed by atoms with Gasteiger partial charge in [-0.1, -0.05) is 0 Å². The Bertz CT molecular complexity index is 207. The number of hydrogen-bond donors (Lipinski definition) is 2. The number of aliphatic hydroxyl groups is 1. The first-order valence-electron chi connectivity index (χ1n) is 4.80. The standard InChI is InChI=1S/C9H17NO5/c1-2-10(4-3-5-11)8(12)6-15-7-9(13)14/h11H,2-7H2,1H3,(H,13,14). The number of likely N-dealkylation sites (N-methyl/N-ethyl adjacent to an activating group) is 1. The van der Waals surface area contributed by atoms with Crippen molar-refractivity contribution in [3.8, 4) is 0 Å². The maximum Gasteiger partial charge on any atom is 0.329 e. The van der Waals surface area contributed by atoms with Crippen LogP contribution in [0.3, 0.4) is 0 Å². The second-order valence-electron chi connectivity index (χ2n) is 2.94. The van der Waals surface area contributed by atoms with E-state index in [2.05, 4.69) is 4.74 Å². The summed E-state index contributed by atoms with van der Waals surface area (Å²) in [6, 6.07) is 0. The fourth-order valence-corrected chi connectivity index (χ4v) is 1.04. The SMILES string of the molecule is CCN(CCCO)C(=O)COCC(=O)O. The van der Waals surface area contributed by atoms with Crippen LogP contribution in [0.5, 0.6) is 0 Å². The van der Waals surface area contributed by atoms with Gasteiger partial charge in [0, 0.05) is 19.7 Å². The molecule has 0 rings (SSSR count).